The molecule has 0 amide bonds. The highest BCUT2D eigenvalue weighted by atomic mass is 32.1. The lowest BCUT2D eigenvalue weighted by molar-refractivity contribution is 1.03. The van der Waals surface area contributed by atoms with Gasteiger partial charge in [0.2, 0.25) is 5.95 Å². The molecule has 12 rings (SSSR count). The van der Waals surface area contributed by atoms with Gasteiger partial charge in [0.1, 0.15) is 0 Å². The Balaban J connectivity index is 1.16. The molecule has 3 aromatic heterocycles. The Morgan fingerprint density at radius 2 is 1.02 bits per heavy atom. The van der Waals surface area contributed by atoms with Crippen LogP contribution in [0.3, 0.4) is 0 Å². The van der Waals surface area contributed by atoms with Gasteiger partial charge in [-0.25, -0.2) is 4.98 Å². The summed E-state index contributed by atoms with van der Waals surface area (Å²) >= 11 is 3.63. The van der Waals surface area contributed by atoms with Gasteiger partial charge in [0.15, 0.2) is 11.6 Å². The fraction of sp³-hybridized carbons (Fsp3) is 0. The van der Waals surface area contributed by atoms with Gasteiger partial charge in [-0.2, -0.15) is 9.97 Å². The van der Waals surface area contributed by atoms with Crippen molar-refractivity contribution < 1.29 is 0 Å². The first-order valence-electron chi connectivity index (χ1n) is 17.7. The molecule has 0 radical (unpaired) electrons. The minimum Gasteiger partial charge on any atom is -0.277 e. The number of anilines is 3. The minimum atomic E-state index is 0.594. The molecule has 11 aromatic rings. The zero-order valence-corrected chi connectivity index (χ0v) is 29.7. The summed E-state index contributed by atoms with van der Waals surface area (Å²) in [4.78, 5) is 18.3. The van der Waals surface area contributed by atoms with Crippen molar-refractivity contribution in [2.75, 3.05) is 4.90 Å². The molecular weight excluding hydrogens is 685 g/mol. The molecule has 0 unspecified atom stereocenters. The molecule has 0 aliphatic carbocycles. The van der Waals surface area contributed by atoms with Crippen LogP contribution in [0.25, 0.3) is 95.8 Å². The van der Waals surface area contributed by atoms with Crippen molar-refractivity contribution in [1.82, 2.24) is 15.0 Å². The van der Waals surface area contributed by atoms with E-state index in [1.54, 1.807) is 0 Å². The minimum absolute atomic E-state index is 0.594. The summed E-state index contributed by atoms with van der Waals surface area (Å²) in [5, 5.41) is 9.68. The average molecular weight is 711 g/mol. The molecule has 1 aliphatic rings. The van der Waals surface area contributed by atoms with Crippen molar-refractivity contribution >= 4 is 102 Å². The average Bonchev–Trinajstić information content (AvgIpc) is 3.78. The van der Waals surface area contributed by atoms with E-state index in [9.17, 15) is 0 Å². The van der Waals surface area contributed by atoms with Crippen LogP contribution in [0, 0.1) is 0 Å². The second-order valence-electron chi connectivity index (χ2n) is 13.6. The number of nitrogens with zero attached hydrogens (tertiary/aromatic N) is 4. The first kappa shape index (κ1) is 29.1. The SMILES string of the molecule is c1ccc2c3c(ccc2c1)-c1cccc2cccc(c12)N3c1nc(-c2ccc3c(c2)sc2ccccc23)nc(-c2ccc3sc4ccccc4c3c2)n1. The predicted octanol–water partition coefficient (Wildman–Crippen LogP) is 13.7. The maximum atomic E-state index is 5.40. The number of aromatic nitrogens is 3. The van der Waals surface area contributed by atoms with E-state index in [1.165, 1.54) is 62.1 Å². The molecule has 8 aromatic carbocycles. The van der Waals surface area contributed by atoms with Crippen molar-refractivity contribution in [2.24, 2.45) is 0 Å². The van der Waals surface area contributed by atoms with E-state index in [-0.39, 0.29) is 0 Å². The van der Waals surface area contributed by atoms with Gasteiger partial charge in [0.05, 0.1) is 11.4 Å². The fourth-order valence-corrected chi connectivity index (χ4v) is 10.5. The summed E-state index contributed by atoms with van der Waals surface area (Å²) in [5.74, 6) is 1.88. The lowest BCUT2D eigenvalue weighted by Gasteiger charge is -2.33. The summed E-state index contributed by atoms with van der Waals surface area (Å²) in [6.07, 6.45) is 0. The number of benzene rings is 8. The van der Waals surface area contributed by atoms with Crippen molar-refractivity contribution in [3.63, 3.8) is 0 Å². The Kier molecular flexibility index (Phi) is 6.06. The van der Waals surface area contributed by atoms with E-state index >= 15 is 0 Å². The van der Waals surface area contributed by atoms with Crippen LogP contribution in [0.5, 0.6) is 0 Å². The topological polar surface area (TPSA) is 41.9 Å². The monoisotopic (exact) mass is 710 g/mol. The van der Waals surface area contributed by atoms with Crippen molar-refractivity contribution in [1.29, 1.82) is 0 Å². The zero-order chi connectivity index (χ0) is 34.6. The van der Waals surface area contributed by atoms with Gasteiger partial charge < -0.3 is 0 Å². The van der Waals surface area contributed by atoms with Crippen molar-refractivity contribution in [3.8, 4) is 33.9 Å². The first-order chi connectivity index (χ1) is 26.2. The van der Waals surface area contributed by atoms with Gasteiger partial charge in [0, 0.05) is 67.8 Å². The summed E-state index contributed by atoms with van der Waals surface area (Å²) in [6.45, 7) is 0. The maximum Gasteiger partial charge on any atom is 0.238 e. The predicted molar refractivity (Wildman–Crippen MR) is 225 cm³/mol. The van der Waals surface area contributed by atoms with E-state index in [4.69, 9.17) is 15.0 Å². The Morgan fingerprint density at radius 1 is 0.396 bits per heavy atom. The van der Waals surface area contributed by atoms with Gasteiger partial charge in [-0.05, 0) is 58.8 Å². The quantitative estimate of drug-likeness (QED) is 0.183. The van der Waals surface area contributed by atoms with Gasteiger partial charge in [-0.1, -0.05) is 115 Å². The lowest BCUT2D eigenvalue weighted by atomic mass is 9.89. The molecule has 0 fully saturated rings. The highest BCUT2D eigenvalue weighted by molar-refractivity contribution is 7.26. The molecule has 0 atom stereocenters. The molecule has 0 saturated carbocycles. The number of hydrogen-bond acceptors (Lipinski definition) is 6. The second kappa shape index (κ2) is 11.0. The smallest absolute Gasteiger partial charge is 0.238 e. The van der Waals surface area contributed by atoms with Crippen molar-refractivity contribution in [3.05, 3.63) is 158 Å². The molecule has 6 heteroatoms. The normalized spacial score (nSPS) is 12.5. The Hall–Kier alpha value is -6.47. The van der Waals surface area contributed by atoms with E-state index in [0.717, 1.165) is 33.5 Å². The van der Waals surface area contributed by atoms with E-state index in [0.29, 0.717) is 17.6 Å². The third-order valence-electron chi connectivity index (χ3n) is 10.6. The van der Waals surface area contributed by atoms with Gasteiger partial charge in [0.25, 0.3) is 0 Å². The number of rotatable bonds is 3. The molecule has 0 bridgehead atoms. The van der Waals surface area contributed by atoms with Crippen LogP contribution in [0.4, 0.5) is 17.3 Å². The Labute approximate surface area is 311 Å². The molecule has 1 aliphatic heterocycles. The third-order valence-corrected chi connectivity index (χ3v) is 12.9. The highest BCUT2D eigenvalue weighted by Gasteiger charge is 2.30. The Morgan fingerprint density at radius 3 is 1.85 bits per heavy atom. The lowest BCUT2D eigenvalue weighted by Crippen LogP contribution is -2.19. The number of fused-ring (bicyclic) bond motifs is 10. The Bertz CT molecular complexity index is 3320. The molecule has 0 N–H and O–H groups in total. The highest BCUT2D eigenvalue weighted by Crippen LogP contribution is 2.53. The second-order valence-corrected chi connectivity index (χ2v) is 15.8. The molecule has 0 spiro atoms. The number of hydrogen-bond donors (Lipinski definition) is 0. The summed E-state index contributed by atoms with van der Waals surface area (Å²) in [5.41, 5.74) is 6.44. The van der Waals surface area contributed by atoms with E-state index in [1.807, 2.05) is 22.7 Å². The molecular formula is C47H26N4S2. The third kappa shape index (κ3) is 4.31. The summed E-state index contributed by atoms with van der Waals surface area (Å²) < 4.78 is 5.01. The molecule has 4 heterocycles. The molecule has 4 nitrogen and oxygen atoms in total. The van der Waals surface area contributed by atoms with Crippen LogP contribution in [0.15, 0.2) is 158 Å². The molecule has 53 heavy (non-hydrogen) atoms. The van der Waals surface area contributed by atoms with Gasteiger partial charge in [-0.15, -0.1) is 22.7 Å². The van der Waals surface area contributed by atoms with Crippen LogP contribution in [-0.2, 0) is 0 Å². The van der Waals surface area contributed by atoms with Gasteiger partial charge in [-0.3, -0.25) is 4.90 Å². The van der Waals surface area contributed by atoms with Crippen LogP contribution in [-0.4, -0.2) is 15.0 Å². The maximum absolute atomic E-state index is 5.40. The summed E-state index contributed by atoms with van der Waals surface area (Å²) in [7, 11) is 0. The van der Waals surface area contributed by atoms with Crippen LogP contribution < -0.4 is 4.90 Å². The van der Waals surface area contributed by atoms with Crippen LogP contribution in [0.1, 0.15) is 0 Å². The number of thiophene rings is 2. The fourth-order valence-electron chi connectivity index (χ4n) is 8.23. The summed E-state index contributed by atoms with van der Waals surface area (Å²) in [6, 6.07) is 56.7. The van der Waals surface area contributed by atoms with Crippen molar-refractivity contribution in [2.45, 2.75) is 0 Å². The zero-order valence-electron chi connectivity index (χ0n) is 28.1. The van der Waals surface area contributed by atoms with Crippen LogP contribution in [0.2, 0.25) is 0 Å². The first-order valence-corrected chi connectivity index (χ1v) is 19.3. The van der Waals surface area contributed by atoms with E-state index in [2.05, 4.69) is 163 Å². The molecule has 246 valence electrons. The molecule has 0 saturated heterocycles. The van der Waals surface area contributed by atoms with Gasteiger partial charge >= 0.3 is 0 Å². The largest absolute Gasteiger partial charge is 0.277 e. The standard InChI is InChI=1S/C47H26N4S2/c1-2-12-31-27(9-1)19-23-36-35-15-7-10-28-11-8-16-38(43(28)35)51(44(31)36)47-49-45(29-21-24-41-37(25-29)33-14-4-6-18-40(33)52-41)48-46(50-47)30-20-22-34-32-13-3-5-17-39(32)53-42(34)26-30/h1-26H. The van der Waals surface area contributed by atoms with E-state index < -0.39 is 0 Å². The van der Waals surface area contributed by atoms with Crippen LogP contribution >= 0.6 is 22.7 Å².